The second kappa shape index (κ2) is 6.22. The predicted molar refractivity (Wildman–Crippen MR) is 77.9 cm³/mol. The summed E-state index contributed by atoms with van der Waals surface area (Å²) in [7, 11) is -1.82. The Labute approximate surface area is 120 Å². The number of nitrogens with two attached hydrogens (primary N) is 1. The highest BCUT2D eigenvalue weighted by Gasteiger charge is 2.29. The average Bonchev–Trinajstić information content (AvgIpc) is 2.47. The Bertz CT molecular complexity index is 566. The molecule has 0 atom stereocenters. The van der Waals surface area contributed by atoms with Crippen molar-refractivity contribution in [1.29, 1.82) is 0 Å². The number of ether oxygens (including phenoxy) is 1. The Morgan fingerprint density at radius 3 is 2.60 bits per heavy atom. The maximum atomic E-state index is 12.7. The number of hydrogen-bond acceptors (Lipinski definition) is 4. The molecule has 0 unspecified atom stereocenters. The number of nitrogens with zero attached hydrogens (tertiary/aromatic N) is 1. The second-order valence-electron chi connectivity index (χ2n) is 5.16. The monoisotopic (exact) mass is 298 g/mol. The van der Waals surface area contributed by atoms with Gasteiger partial charge in [-0.3, -0.25) is 0 Å². The summed E-state index contributed by atoms with van der Waals surface area (Å²) in [5, 5.41) is 0. The fraction of sp³-hybridized carbons (Fsp3) is 0.571. The molecule has 2 N–H and O–H groups in total. The fourth-order valence-electron chi connectivity index (χ4n) is 2.44. The van der Waals surface area contributed by atoms with E-state index in [0.29, 0.717) is 24.7 Å². The van der Waals surface area contributed by atoms with Gasteiger partial charge in [-0.2, -0.15) is 4.31 Å². The summed E-state index contributed by atoms with van der Waals surface area (Å²) in [6.45, 7) is 3.51. The SMILES string of the molecule is Cc1ccc(S(=O)(=O)N(C)C2CCOCC2)cc1CN. The van der Waals surface area contributed by atoms with E-state index < -0.39 is 10.0 Å². The summed E-state index contributed by atoms with van der Waals surface area (Å²) in [5.74, 6) is 0. The van der Waals surface area contributed by atoms with E-state index >= 15 is 0 Å². The first-order chi connectivity index (χ1) is 9.46. The van der Waals surface area contributed by atoms with Crippen molar-refractivity contribution >= 4 is 10.0 Å². The molecule has 1 aliphatic rings. The van der Waals surface area contributed by atoms with Crippen molar-refractivity contribution in [2.75, 3.05) is 20.3 Å². The third kappa shape index (κ3) is 3.03. The lowest BCUT2D eigenvalue weighted by Crippen LogP contribution is -2.40. The van der Waals surface area contributed by atoms with Crippen LogP contribution in [0.5, 0.6) is 0 Å². The van der Waals surface area contributed by atoms with Gasteiger partial charge in [0.25, 0.3) is 0 Å². The Morgan fingerprint density at radius 2 is 2.00 bits per heavy atom. The molecule has 0 saturated carbocycles. The second-order valence-corrected chi connectivity index (χ2v) is 7.15. The van der Waals surface area contributed by atoms with Gasteiger partial charge >= 0.3 is 0 Å². The van der Waals surface area contributed by atoms with Crippen LogP contribution in [0.1, 0.15) is 24.0 Å². The molecule has 1 fully saturated rings. The van der Waals surface area contributed by atoms with E-state index in [1.54, 1.807) is 19.2 Å². The Morgan fingerprint density at radius 1 is 1.35 bits per heavy atom. The van der Waals surface area contributed by atoms with Crippen molar-refractivity contribution in [3.63, 3.8) is 0 Å². The summed E-state index contributed by atoms with van der Waals surface area (Å²) in [4.78, 5) is 0.317. The highest BCUT2D eigenvalue weighted by atomic mass is 32.2. The van der Waals surface area contributed by atoms with Gasteiger partial charge in [0.15, 0.2) is 0 Å². The zero-order valence-corrected chi connectivity index (χ0v) is 12.8. The molecule has 0 bridgehead atoms. The molecule has 0 radical (unpaired) electrons. The van der Waals surface area contributed by atoms with Gasteiger partial charge in [0.05, 0.1) is 4.90 Å². The normalized spacial score (nSPS) is 17.6. The van der Waals surface area contributed by atoms with E-state index in [2.05, 4.69) is 0 Å². The van der Waals surface area contributed by atoms with Gasteiger partial charge in [-0.15, -0.1) is 0 Å². The molecule has 5 nitrogen and oxygen atoms in total. The van der Waals surface area contributed by atoms with Crippen molar-refractivity contribution in [2.45, 2.75) is 37.2 Å². The van der Waals surface area contributed by atoms with Crippen LogP contribution in [0.15, 0.2) is 23.1 Å². The van der Waals surface area contributed by atoms with Crippen molar-refractivity contribution in [2.24, 2.45) is 5.73 Å². The summed E-state index contributed by atoms with van der Waals surface area (Å²) < 4.78 is 32.1. The van der Waals surface area contributed by atoms with Crippen LogP contribution in [0.25, 0.3) is 0 Å². The van der Waals surface area contributed by atoms with Crippen LogP contribution in [0.3, 0.4) is 0 Å². The highest BCUT2D eigenvalue weighted by molar-refractivity contribution is 7.89. The molecule has 0 aromatic heterocycles. The maximum Gasteiger partial charge on any atom is 0.243 e. The molecule has 20 heavy (non-hydrogen) atoms. The van der Waals surface area contributed by atoms with E-state index in [1.165, 1.54) is 4.31 Å². The zero-order valence-electron chi connectivity index (χ0n) is 12.0. The van der Waals surface area contributed by atoms with E-state index in [0.717, 1.165) is 24.0 Å². The molecule has 0 spiro atoms. The van der Waals surface area contributed by atoms with Gasteiger partial charge in [-0.1, -0.05) is 6.07 Å². The first-order valence-corrected chi connectivity index (χ1v) is 8.26. The highest BCUT2D eigenvalue weighted by Crippen LogP contribution is 2.23. The summed E-state index contributed by atoms with van der Waals surface area (Å²) in [6, 6.07) is 5.16. The van der Waals surface area contributed by atoms with Gasteiger partial charge < -0.3 is 10.5 Å². The first kappa shape index (κ1) is 15.4. The van der Waals surface area contributed by atoms with Crippen LogP contribution in [0, 0.1) is 6.92 Å². The standard InChI is InChI=1S/C14H22N2O3S/c1-11-3-4-14(9-12(11)10-15)20(17,18)16(2)13-5-7-19-8-6-13/h3-4,9,13H,5-8,10,15H2,1-2H3. The van der Waals surface area contributed by atoms with E-state index in [9.17, 15) is 8.42 Å². The molecule has 1 aliphatic heterocycles. The van der Waals surface area contributed by atoms with Crippen LogP contribution in [0.2, 0.25) is 0 Å². The van der Waals surface area contributed by atoms with Crippen molar-refractivity contribution in [1.82, 2.24) is 4.31 Å². The minimum absolute atomic E-state index is 0.0105. The smallest absolute Gasteiger partial charge is 0.243 e. The molecule has 1 aromatic rings. The molecule has 0 aliphatic carbocycles. The van der Waals surface area contributed by atoms with Gasteiger partial charge in [0.2, 0.25) is 10.0 Å². The summed E-state index contributed by atoms with van der Waals surface area (Å²) in [5.41, 5.74) is 7.54. The first-order valence-electron chi connectivity index (χ1n) is 6.82. The van der Waals surface area contributed by atoms with Crippen molar-refractivity contribution in [3.05, 3.63) is 29.3 Å². The van der Waals surface area contributed by atoms with Crippen LogP contribution in [-0.4, -0.2) is 39.0 Å². The molecule has 1 heterocycles. The molecule has 0 amide bonds. The fourth-order valence-corrected chi connectivity index (χ4v) is 3.91. The summed E-state index contributed by atoms with van der Waals surface area (Å²) in [6.07, 6.45) is 1.48. The molecule has 1 saturated heterocycles. The minimum atomic E-state index is -3.47. The van der Waals surface area contributed by atoms with Crippen LogP contribution in [0.4, 0.5) is 0 Å². The van der Waals surface area contributed by atoms with Crippen LogP contribution < -0.4 is 5.73 Å². The molecular formula is C14H22N2O3S. The predicted octanol–water partition coefficient (Wildman–Crippen LogP) is 1.25. The number of rotatable bonds is 4. The third-order valence-corrected chi connectivity index (χ3v) is 5.83. The number of hydrogen-bond donors (Lipinski definition) is 1. The molecule has 112 valence electrons. The number of benzene rings is 1. The van der Waals surface area contributed by atoms with Gasteiger partial charge in [0, 0.05) is 32.8 Å². The lowest BCUT2D eigenvalue weighted by molar-refractivity contribution is 0.0632. The topological polar surface area (TPSA) is 72.6 Å². The minimum Gasteiger partial charge on any atom is -0.381 e. The van der Waals surface area contributed by atoms with Crippen molar-refractivity contribution in [3.8, 4) is 0 Å². The van der Waals surface area contributed by atoms with E-state index in [4.69, 9.17) is 10.5 Å². The zero-order chi connectivity index (χ0) is 14.8. The van der Waals surface area contributed by atoms with Crippen LogP contribution >= 0.6 is 0 Å². The number of sulfonamides is 1. The lowest BCUT2D eigenvalue weighted by atomic mass is 10.1. The largest absolute Gasteiger partial charge is 0.381 e. The van der Waals surface area contributed by atoms with Gasteiger partial charge in [0.1, 0.15) is 0 Å². The van der Waals surface area contributed by atoms with E-state index in [1.807, 2.05) is 13.0 Å². The number of aryl methyl sites for hydroxylation is 1. The maximum absolute atomic E-state index is 12.7. The third-order valence-electron chi connectivity index (χ3n) is 3.92. The molecular weight excluding hydrogens is 276 g/mol. The molecule has 1 aromatic carbocycles. The molecule has 6 heteroatoms. The van der Waals surface area contributed by atoms with Crippen molar-refractivity contribution < 1.29 is 13.2 Å². The average molecular weight is 298 g/mol. The van der Waals surface area contributed by atoms with Gasteiger partial charge in [-0.05, 0) is 43.0 Å². The van der Waals surface area contributed by atoms with Gasteiger partial charge in [-0.25, -0.2) is 8.42 Å². The van der Waals surface area contributed by atoms with E-state index in [-0.39, 0.29) is 6.04 Å². The lowest BCUT2D eigenvalue weighted by Gasteiger charge is -2.30. The van der Waals surface area contributed by atoms with Crippen LogP contribution in [-0.2, 0) is 21.3 Å². The Balaban J connectivity index is 2.29. The summed E-state index contributed by atoms with van der Waals surface area (Å²) >= 11 is 0. The quantitative estimate of drug-likeness (QED) is 0.908. The molecule has 2 rings (SSSR count). The Kier molecular flexibility index (Phi) is 4.80. The Hall–Kier alpha value is -0.950.